The summed E-state index contributed by atoms with van der Waals surface area (Å²) in [6.45, 7) is 10.9. The Morgan fingerprint density at radius 2 is 2.13 bits per heavy atom. The third-order valence-electron chi connectivity index (χ3n) is 5.81. The fraction of sp³-hybridized carbons (Fsp3) is 0.833. The lowest BCUT2D eigenvalue weighted by molar-refractivity contribution is -0.132. The fourth-order valence-corrected chi connectivity index (χ4v) is 4.30. The first-order chi connectivity index (χ1) is 11.0. The minimum Gasteiger partial charge on any atom is -0.389 e. The van der Waals surface area contributed by atoms with Crippen molar-refractivity contribution in [1.29, 1.82) is 0 Å². The lowest BCUT2D eigenvalue weighted by Crippen LogP contribution is -2.55. The highest BCUT2D eigenvalue weighted by Gasteiger charge is 2.45. The molecule has 5 nitrogen and oxygen atoms in total. The zero-order chi connectivity index (χ0) is 16.4. The van der Waals surface area contributed by atoms with Crippen molar-refractivity contribution in [3.05, 3.63) is 18.2 Å². The van der Waals surface area contributed by atoms with Crippen LogP contribution in [0.3, 0.4) is 0 Å². The molecule has 0 radical (unpaired) electrons. The van der Waals surface area contributed by atoms with Gasteiger partial charge in [0, 0.05) is 44.7 Å². The van der Waals surface area contributed by atoms with E-state index in [9.17, 15) is 5.11 Å². The van der Waals surface area contributed by atoms with Gasteiger partial charge in [-0.1, -0.05) is 6.92 Å². The van der Waals surface area contributed by atoms with Crippen LogP contribution in [0.25, 0.3) is 0 Å². The summed E-state index contributed by atoms with van der Waals surface area (Å²) in [5, 5.41) is 11.2. The van der Waals surface area contributed by atoms with Crippen LogP contribution in [-0.4, -0.2) is 51.5 Å². The van der Waals surface area contributed by atoms with Crippen molar-refractivity contribution < 1.29 is 9.84 Å². The van der Waals surface area contributed by atoms with Crippen molar-refractivity contribution >= 4 is 0 Å². The van der Waals surface area contributed by atoms with Crippen LogP contribution < -0.4 is 0 Å². The summed E-state index contributed by atoms with van der Waals surface area (Å²) in [5.74, 6) is 1.82. The maximum Gasteiger partial charge on any atom is 0.123 e. The second-order valence-electron chi connectivity index (χ2n) is 7.61. The molecule has 2 aliphatic heterocycles. The molecular formula is C18H31N3O2. The van der Waals surface area contributed by atoms with E-state index < -0.39 is 5.60 Å². The summed E-state index contributed by atoms with van der Waals surface area (Å²) < 4.78 is 7.71. The minimum absolute atomic E-state index is 0.293. The predicted molar refractivity (Wildman–Crippen MR) is 90.2 cm³/mol. The van der Waals surface area contributed by atoms with Crippen molar-refractivity contribution in [3.8, 4) is 0 Å². The summed E-state index contributed by atoms with van der Waals surface area (Å²) in [5.41, 5.74) is -0.520. The SMILES string of the molecule is CC(C)n1ccnc1CN1CC[C@@](O)(C2CCOCC2)[C@H](C)C1. The third kappa shape index (κ3) is 3.47. The van der Waals surface area contributed by atoms with Crippen LogP contribution in [0.2, 0.25) is 0 Å². The van der Waals surface area contributed by atoms with Gasteiger partial charge in [0.05, 0.1) is 12.1 Å². The molecule has 2 aliphatic rings. The Balaban J connectivity index is 1.63. The number of imidazole rings is 1. The second kappa shape index (κ2) is 6.91. The second-order valence-corrected chi connectivity index (χ2v) is 7.61. The molecule has 2 atom stereocenters. The van der Waals surface area contributed by atoms with E-state index in [1.165, 1.54) is 0 Å². The molecule has 2 fully saturated rings. The molecule has 0 amide bonds. The van der Waals surface area contributed by atoms with E-state index in [0.29, 0.717) is 17.9 Å². The van der Waals surface area contributed by atoms with E-state index in [-0.39, 0.29) is 0 Å². The maximum atomic E-state index is 11.2. The summed E-state index contributed by atoms with van der Waals surface area (Å²) in [6.07, 6.45) is 6.81. The molecule has 3 rings (SSSR count). The summed E-state index contributed by atoms with van der Waals surface area (Å²) >= 11 is 0. The van der Waals surface area contributed by atoms with Crippen molar-refractivity contribution in [3.63, 3.8) is 0 Å². The Labute approximate surface area is 139 Å². The number of hydrogen-bond acceptors (Lipinski definition) is 4. The van der Waals surface area contributed by atoms with Crippen molar-refractivity contribution in [2.75, 3.05) is 26.3 Å². The first kappa shape index (κ1) is 16.9. The van der Waals surface area contributed by atoms with E-state index in [4.69, 9.17) is 4.74 Å². The average Bonchev–Trinajstić information content (AvgIpc) is 3.00. The molecule has 130 valence electrons. The van der Waals surface area contributed by atoms with E-state index in [2.05, 4.69) is 41.4 Å². The van der Waals surface area contributed by atoms with Gasteiger partial charge in [-0.05, 0) is 44.9 Å². The number of aliphatic hydroxyl groups is 1. The van der Waals surface area contributed by atoms with Crippen molar-refractivity contribution in [1.82, 2.24) is 14.5 Å². The number of nitrogens with zero attached hydrogens (tertiary/aromatic N) is 3. The van der Waals surface area contributed by atoms with E-state index in [1.807, 2.05) is 6.20 Å². The largest absolute Gasteiger partial charge is 0.389 e. The molecule has 3 heterocycles. The first-order valence-corrected chi connectivity index (χ1v) is 9.05. The van der Waals surface area contributed by atoms with Gasteiger partial charge in [-0.15, -0.1) is 0 Å². The lowest BCUT2D eigenvalue weighted by atomic mass is 9.70. The Kier molecular flexibility index (Phi) is 5.09. The number of rotatable bonds is 4. The third-order valence-corrected chi connectivity index (χ3v) is 5.81. The number of likely N-dealkylation sites (tertiary alicyclic amines) is 1. The van der Waals surface area contributed by atoms with Gasteiger partial charge < -0.3 is 14.4 Å². The number of piperidine rings is 1. The lowest BCUT2D eigenvalue weighted by Gasteiger charge is -2.48. The van der Waals surface area contributed by atoms with Gasteiger partial charge in [0.25, 0.3) is 0 Å². The van der Waals surface area contributed by atoms with Crippen LogP contribution >= 0.6 is 0 Å². The first-order valence-electron chi connectivity index (χ1n) is 9.05. The van der Waals surface area contributed by atoms with Gasteiger partial charge in [-0.3, -0.25) is 4.90 Å². The van der Waals surface area contributed by atoms with Crippen LogP contribution in [0.1, 0.15) is 51.9 Å². The van der Waals surface area contributed by atoms with Gasteiger partial charge in [0.1, 0.15) is 5.82 Å². The molecule has 23 heavy (non-hydrogen) atoms. The zero-order valence-electron chi connectivity index (χ0n) is 14.7. The average molecular weight is 321 g/mol. The van der Waals surface area contributed by atoms with E-state index in [0.717, 1.165) is 57.9 Å². The fourth-order valence-electron chi connectivity index (χ4n) is 4.30. The Morgan fingerprint density at radius 1 is 1.39 bits per heavy atom. The van der Waals surface area contributed by atoms with Crippen LogP contribution in [0.5, 0.6) is 0 Å². The van der Waals surface area contributed by atoms with Gasteiger partial charge in [0.2, 0.25) is 0 Å². The van der Waals surface area contributed by atoms with Gasteiger partial charge in [0.15, 0.2) is 0 Å². The molecule has 0 spiro atoms. The molecule has 2 saturated heterocycles. The van der Waals surface area contributed by atoms with Crippen LogP contribution in [0, 0.1) is 11.8 Å². The molecule has 1 aromatic heterocycles. The van der Waals surface area contributed by atoms with Gasteiger partial charge in [-0.25, -0.2) is 4.98 Å². The molecule has 5 heteroatoms. The summed E-state index contributed by atoms with van der Waals surface area (Å²) in [7, 11) is 0. The Hall–Kier alpha value is -0.910. The highest BCUT2D eigenvalue weighted by atomic mass is 16.5. The molecule has 0 bridgehead atoms. The molecule has 0 aliphatic carbocycles. The highest BCUT2D eigenvalue weighted by molar-refractivity contribution is 4.99. The molecular weight excluding hydrogens is 290 g/mol. The molecule has 0 saturated carbocycles. The monoisotopic (exact) mass is 321 g/mol. The van der Waals surface area contributed by atoms with Gasteiger partial charge >= 0.3 is 0 Å². The standard InChI is InChI=1S/C18H31N3O2/c1-14(2)21-9-7-19-17(21)13-20-8-6-18(22,15(3)12-20)16-4-10-23-11-5-16/h7,9,14-16,22H,4-6,8,10-13H2,1-3H3/t15-,18+/m1/s1. The molecule has 1 N–H and O–H groups in total. The Morgan fingerprint density at radius 3 is 2.78 bits per heavy atom. The topological polar surface area (TPSA) is 50.5 Å². The number of ether oxygens (including phenoxy) is 1. The van der Waals surface area contributed by atoms with E-state index in [1.54, 1.807) is 0 Å². The number of aromatic nitrogens is 2. The normalized spacial score (nSPS) is 30.9. The van der Waals surface area contributed by atoms with Crippen LogP contribution in [0.15, 0.2) is 12.4 Å². The zero-order valence-corrected chi connectivity index (χ0v) is 14.7. The predicted octanol–water partition coefficient (Wildman–Crippen LogP) is 2.46. The maximum absolute atomic E-state index is 11.2. The van der Waals surface area contributed by atoms with Crippen molar-refractivity contribution in [2.45, 2.75) is 58.2 Å². The van der Waals surface area contributed by atoms with Gasteiger partial charge in [-0.2, -0.15) is 0 Å². The van der Waals surface area contributed by atoms with Crippen LogP contribution in [-0.2, 0) is 11.3 Å². The Bertz CT molecular complexity index is 510. The van der Waals surface area contributed by atoms with Crippen molar-refractivity contribution in [2.24, 2.45) is 11.8 Å². The van der Waals surface area contributed by atoms with E-state index >= 15 is 0 Å². The quantitative estimate of drug-likeness (QED) is 0.925. The molecule has 1 aromatic rings. The minimum atomic E-state index is -0.520. The smallest absolute Gasteiger partial charge is 0.123 e. The summed E-state index contributed by atoms with van der Waals surface area (Å²) in [6, 6.07) is 0.439. The number of hydrogen-bond donors (Lipinski definition) is 1. The highest BCUT2D eigenvalue weighted by Crippen LogP contribution is 2.39. The molecule has 0 unspecified atom stereocenters. The molecule has 0 aromatic carbocycles. The summed E-state index contributed by atoms with van der Waals surface area (Å²) in [4.78, 5) is 6.97. The van der Waals surface area contributed by atoms with Crippen LogP contribution in [0.4, 0.5) is 0 Å².